The highest BCUT2D eigenvalue weighted by molar-refractivity contribution is 6.33. The zero-order valence-electron chi connectivity index (χ0n) is 12.9. The van der Waals surface area contributed by atoms with Crippen molar-refractivity contribution >= 4 is 17.5 Å². The summed E-state index contributed by atoms with van der Waals surface area (Å²) in [6, 6.07) is 17.2. The smallest absolute Gasteiger partial charge is 0.308 e. The molecule has 0 radical (unpaired) electrons. The molecule has 122 valence electrons. The lowest BCUT2D eigenvalue weighted by Crippen LogP contribution is -2.25. The van der Waals surface area contributed by atoms with Crippen molar-refractivity contribution in [1.82, 2.24) is 15.5 Å². The quantitative estimate of drug-likeness (QED) is 0.693. The van der Waals surface area contributed by atoms with Gasteiger partial charge in [-0.05, 0) is 30.5 Å². The Balaban J connectivity index is 1.54. The van der Waals surface area contributed by atoms with E-state index in [9.17, 15) is 4.79 Å². The van der Waals surface area contributed by atoms with E-state index in [-0.39, 0.29) is 17.7 Å². The SMILES string of the molecule is O=C(NCCCc1ccccc1)c1nnc(-c2ccccc2Cl)o1. The Morgan fingerprint density at radius 1 is 1.04 bits per heavy atom. The van der Waals surface area contributed by atoms with Crippen LogP contribution in [0.2, 0.25) is 5.02 Å². The van der Waals surface area contributed by atoms with Crippen LogP contribution >= 0.6 is 11.6 Å². The third kappa shape index (κ3) is 4.00. The van der Waals surface area contributed by atoms with Gasteiger partial charge in [0.2, 0.25) is 5.89 Å². The molecule has 0 saturated heterocycles. The van der Waals surface area contributed by atoms with Crippen LogP contribution in [-0.2, 0) is 6.42 Å². The van der Waals surface area contributed by atoms with Crippen LogP contribution in [0, 0.1) is 0 Å². The van der Waals surface area contributed by atoms with Gasteiger partial charge in [0.05, 0.1) is 10.6 Å². The second-order valence-corrected chi connectivity index (χ2v) is 5.64. The van der Waals surface area contributed by atoms with E-state index in [0.717, 1.165) is 12.8 Å². The van der Waals surface area contributed by atoms with Gasteiger partial charge in [-0.1, -0.05) is 54.1 Å². The number of halogens is 1. The van der Waals surface area contributed by atoms with Gasteiger partial charge in [0, 0.05) is 6.54 Å². The maximum absolute atomic E-state index is 12.0. The van der Waals surface area contributed by atoms with Crippen LogP contribution in [0.25, 0.3) is 11.5 Å². The van der Waals surface area contributed by atoms with Gasteiger partial charge in [0.1, 0.15) is 0 Å². The Hall–Kier alpha value is -2.66. The van der Waals surface area contributed by atoms with E-state index in [0.29, 0.717) is 17.1 Å². The molecule has 0 aliphatic carbocycles. The molecule has 0 spiro atoms. The number of aryl methyl sites for hydroxylation is 1. The molecule has 0 fully saturated rings. The van der Waals surface area contributed by atoms with Crippen molar-refractivity contribution in [3.8, 4) is 11.5 Å². The molecule has 1 aromatic heterocycles. The molecule has 0 bridgehead atoms. The van der Waals surface area contributed by atoms with Crippen LogP contribution in [0.1, 0.15) is 22.7 Å². The topological polar surface area (TPSA) is 68.0 Å². The van der Waals surface area contributed by atoms with Gasteiger partial charge in [-0.15, -0.1) is 10.2 Å². The molecule has 3 aromatic rings. The predicted octanol–water partition coefficient (Wildman–Crippen LogP) is 3.75. The molecule has 6 heteroatoms. The highest BCUT2D eigenvalue weighted by atomic mass is 35.5. The van der Waals surface area contributed by atoms with Crippen molar-refractivity contribution < 1.29 is 9.21 Å². The number of hydrogen-bond donors (Lipinski definition) is 1. The van der Waals surface area contributed by atoms with Gasteiger partial charge in [-0.25, -0.2) is 0 Å². The van der Waals surface area contributed by atoms with Gasteiger partial charge in [-0.2, -0.15) is 0 Å². The Labute approximate surface area is 144 Å². The number of nitrogens with one attached hydrogen (secondary N) is 1. The summed E-state index contributed by atoms with van der Waals surface area (Å²) in [4.78, 5) is 12.0. The van der Waals surface area contributed by atoms with Crippen LogP contribution in [0.5, 0.6) is 0 Å². The molecular formula is C18H16ClN3O2. The normalized spacial score (nSPS) is 10.5. The number of amides is 1. The summed E-state index contributed by atoms with van der Waals surface area (Å²) in [5.41, 5.74) is 1.85. The molecule has 1 amide bonds. The number of rotatable bonds is 6. The number of carbonyl (C=O) groups excluding carboxylic acids is 1. The van der Waals surface area contributed by atoms with Gasteiger partial charge < -0.3 is 9.73 Å². The molecule has 0 aliphatic heterocycles. The molecule has 2 aromatic carbocycles. The number of hydrogen-bond acceptors (Lipinski definition) is 4. The van der Waals surface area contributed by atoms with E-state index in [1.165, 1.54) is 5.56 Å². The molecule has 1 heterocycles. The number of benzene rings is 2. The van der Waals surface area contributed by atoms with E-state index in [1.807, 2.05) is 30.3 Å². The third-order valence-electron chi connectivity index (χ3n) is 3.49. The molecule has 24 heavy (non-hydrogen) atoms. The number of carbonyl (C=O) groups is 1. The van der Waals surface area contributed by atoms with Crippen molar-refractivity contribution in [1.29, 1.82) is 0 Å². The molecule has 1 N–H and O–H groups in total. The highest BCUT2D eigenvalue weighted by Crippen LogP contribution is 2.26. The third-order valence-corrected chi connectivity index (χ3v) is 3.82. The van der Waals surface area contributed by atoms with E-state index < -0.39 is 0 Å². The van der Waals surface area contributed by atoms with Crippen LogP contribution < -0.4 is 5.32 Å². The Kier molecular flexibility index (Phi) is 5.23. The first-order valence-electron chi connectivity index (χ1n) is 7.64. The lowest BCUT2D eigenvalue weighted by Gasteiger charge is -2.02. The van der Waals surface area contributed by atoms with Crippen molar-refractivity contribution in [2.24, 2.45) is 0 Å². The number of aromatic nitrogens is 2. The first-order chi connectivity index (χ1) is 11.7. The summed E-state index contributed by atoms with van der Waals surface area (Å²) in [6.07, 6.45) is 1.73. The van der Waals surface area contributed by atoms with Crippen LogP contribution in [0.4, 0.5) is 0 Å². The van der Waals surface area contributed by atoms with Crippen molar-refractivity contribution in [3.63, 3.8) is 0 Å². The predicted molar refractivity (Wildman–Crippen MR) is 91.8 cm³/mol. The zero-order chi connectivity index (χ0) is 16.8. The minimum Gasteiger partial charge on any atom is -0.412 e. The van der Waals surface area contributed by atoms with Gasteiger partial charge in [0.25, 0.3) is 0 Å². The van der Waals surface area contributed by atoms with E-state index >= 15 is 0 Å². The average Bonchev–Trinajstić information content (AvgIpc) is 3.10. The molecule has 0 atom stereocenters. The largest absolute Gasteiger partial charge is 0.412 e. The molecule has 0 unspecified atom stereocenters. The summed E-state index contributed by atoms with van der Waals surface area (Å²) in [6.45, 7) is 0.539. The average molecular weight is 342 g/mol. The molecule has 0 aliphatic rings. The van der Waals surface area contributed by atoms with Crippen LogP contribution in [0.3, 0.4) is 0 Å². The minimum atomic E-state index is -0.381. The second kappa shape index (κ2) is 7.75. The minimum absolute atomic E-state index is 0.0652. The molecular weight excluding hydrogens is 326 g/mol. The van der Waals surface area contributed by atoms with E-state index in [1.54, 1.807) is 12.1 Å². The Bertz CT molecular complexity index is 818. The number of nitrogens with zero attached hydrogens (tertiary/aromatic N) is 2. The first-order valence-corrected chi connectivity index (χ1v) is 8.02. The fraction of sp³-hybridized carbons (Fsp3) is 0.167. The Morgan fingerprint density at radius 2 is 1.79 bits per heavy atom. The summed E-state index contributed by atoms with van der Waals surface area (Å²) < 4.78 is 5.41. The van der Waals surface area contributed by atoms with Gasteiger partial charge >= 0.3 is 11.8 Å². The standard InChI is InChI=1S/C18H16ClN3O2/c19-15-11-5-4-10-14(15)17-21-22-18(24-17)16(23)20-12-6-9-13-7-2-1-3-8-13/h1-5,7-8,10-11H,6,9,12H2,(H,20,23). The van der Waals surface area contributed by atoms with Crippen molar-refractivity contribution in [3.05, 3.63) is 71.1 Å². The lowest BCUT2D eigenvalue weighted by molar-refractivity contribution is 0.0919. The maximum Gasteiger partial charge on any atom is 0.308 e. The van der Waals surface area contributed by atoms with E-state index in [4.69, 9.17) is 16.0 Å². The maximum atomic E-state index is 12.0. The van der Waals surface area contributed by atoms with Gasteiger partial charge in [-0.3, -0.25) is 4.79 Å². The zero-order valence-corrected chi connectivity index (χ0v) is 13.7. The molecule has 0 saturated carbocycles. The summed E-state index contributed by atoms with van der Waals surface area (Å²) in [5.74, 6) is -0.214. The monoisotopic (exact) mass is 341 g/mol. The summed E-state index contributed by atoms with van der Waals surface area (Å²) in [7, 11) is 0. The highest BCUT2D eigenvalue weighted by Gasteiger charge is 2.16. The molecule has 3 rings (SSSR count). The fourth-order valence-corrected chi connectivity index (χ4v) is 2.49. The van der Waals surface area contributed by atoms with Crippen molar-refractivity contribution in [2.75, 3.05) is 6.54 Å². The summed E-state index contributed by atoms with van der Waals surface area (Å²) >= 11 is 6.08. The van der Waals surface area contributed by atoms with E-state index in [2.05, 4.69) is 27.6 Å². The second-order valence-electron chi connectivity index (χ2n) is 5.24. The van der Waals surface area contributed by atoms with Crippen LogP contribution in [0.15, 0.2) is 59.0 Å². The fourth-order valence-electron chi connectivity index (χ4n) is 2.27. The first kappa shape index (κ1) is 16.2. The molecule has 5 nitrogen and oxygen atoms in total. The van der Waals surface area contributed by atoms with Crippen LogP contribution in [-0.4, -0.2) is 22.6 Å². The Morgan fingerprint density at radius 3 is 2.58 bits per heavy atom. The van der Waals surface area contributed by atoms with Crippen molar-refractivity contribution in [2.45, 2.75) is 12.8 Å². The lowest BCUT2D eigenvalue weighted by atomic mass is 10.1. The summed E-state index contributed by atoms with van der Waals surface area (Å²) in [5, 5.41) is 10.9. The van der Waals surface area contributed by atoms with Gasteiger partial charge in [0.15, 0.2) is 0 Å².